The maximum absolute atomic E-state index is 13.3. The van der Waals surface area contributed by atoms with Crippen LogP contribution in [-0.2, 0) is 14.4 Å². The summed E-state index contributed by atoms with van der Waals surface area (Å²) < 4.78 is 26.0. The zero-order valence-corrected chi connectivity index (χ0v) is 10.7. The number of benzene rings is 1. The van der Waals surface area contributed by atoms with E-state index in [9.17, 15) is 23.2 Å². The number of carbonyl (C=O) groups is 3. The summed E-state index contributed by atoms with van der Waals surface area (Å²) in [6.07, 6.45) is 0. The number of rotatable bonds is 7. The smallest absolute Gasteiger partial charge is 0.317 e. The van der Waals surface area contributed by atoms with Crippen molar-refractivity contribution in [1.29, 1.82) is 0 Å². The van der Waals surface area contributed by atoms with Gasteiger partial charge in [-0.3, -0.25) is 19.3 Å². The topological polar surface area (TPSA) is 107 Å². The molecule has 0 aliphatic heterocycles. The molecule has 0 aliphatic carbocycles. The lowest BCUT2D eigenvalue weighted by Gasteiger charge is -2.17. The summed E-state index contributed by atoms with van der Waals surface area (Å²) in [6.45, 7) is -1.88. The van der Waals surface area contributed by atoms with Crippen LogP contribution in [-0.4, -0.2) is 52.6 Å². The van der Waals surface area contributed by atoms with Crippen LogP contribution in [0.4, 0.5) is 14.5 Å². The summed E-state index contributed by atoms with van der Waals surface area (Å²) >= 11 is 0. The Balaban J connectivity index is 2.68. The molecule has 21 heavy (non-hydrogen) atoms. The van der Waals surface area contributed by atoms with Gasteiger partial charge in [0.15, 0.2) is 0 Å². The largest absolute Gasteiger partial charge is 0.480 e. The third kappa shape index (κ3) is 5.95. The first-order valence-electron chi connectivity index (χ1n) is 5.68. The Kier molecular flexibility index (Phi) is 5.73. The van der Waals surface area contributed by atoms with Crippen LogP contribution in [0.3, 0.4) is 0 Å². The van der Waals surface area contributed by atoms with E-state index in [0.29, 0.717) is 6.07 Å². The lowest BCUT2D eigenvalue weighted by atomic mass is 10.3. The fraction of sp³-hybridized carbons (Fsp3) is 0.250. The molecular formula is C12H12F2N2O5. The van der Waals surface area contributed by atoms with Crippen LogP contribution in [0, 0.1) is 11.6 Å². The highest BCUT2D eigenvalue weighted by atomic mass is 19.1. The van der Waals surface area contributed by atoms with Gasteiger partial charge in [-0.2, -0.15) is 0 Å². The van der Waals surface area contributed by atoms with Gasteiger partial charge in [-0.15, -0.1) is 0 Å². The molecule has 0 saturated heterocycles. The Morgan fingerprint density at radius 1 is 1.05 bits per heavy atom. The Labute approximate surface area is 117 Å². The van der Waals surface area contributed by atoms with Gasteiger partial charge in [0.1, 0.15) is 11.6 Å². The predicted molar refractivity (Wildman–Crippen MR) is 66.7 cm³/mol. The van der Waals surface area contributed by atoms with Gasteiger partial charge in [-0.1, -0.05) is 0 Å². The minimum atomic E-state index is -1.31. The maximum Gasteiger partial charge on any atom is 0.317 e. The van der Waals surface area contributed by atoms with Crippen molar-refractivity contribution in [3.63, 3.8) is 0 Å². The summed E-state index contributed by atoms with van der Waals surface area (Å²) in [5.41, 5.74) is -0.285. The standard InChI is InChI=1S/C12H12F2N2O5/c13-7-1-2-9(8(14)3-7)15-10(17)4-16(5-11(18)19)6-12(20)21/h1-3H,4-6H2,(H,15,17)(H,18,19)(H,20,21). The molecule has 7 nitrogen and oxygen atoms in total. The number of carboxylic acid groups (broad SMARTS) is 2. The van der Waals surface area contributed by atoms with Crippen LogP contribution in [0.1, 0.15) is 0 Å². The Morgan fingerprint density at radius 3 is 2.10 bits per heavy atom. The molecule has 1 rings (SSSR count). The minimum absolute atomic E-state index is 0.285. The molecule has 0 heterocycles. The molecule has 9 heteroatoms. The monoisotopic (exact) mass is 302 g/mol. The first-order chi connectivity index (χ1) is 9.77. The van der Waals surface area contributed by atoms with Crippen LogP contribution in [0.5, 0.6) is 0 Å². The van der Waals surface area contributed by atoms with Crippen molar-refractivity contribution in [1.82, 2.24) is 4.90 Å². The van der Waals surface area contributed by atoms with Crippen LogP contribution in [0.25, 0.3) is 0 Å². The molecule has 1 amide bonds. The van der Waals surface area contributed by atoms with Crippen molar-refractivity contribution in [2.75, 3.05) is 25.0 Å². The second kappa shape index (κ2) is 7.29. The van der Waals surface area contributed by atoms with Gasteiger partial charge < -0.3 is 15.5 Å². The third-order valence-electron chi connectivity index (χ3n) is 2.29. The van der Waals surface area contributed by atoms with E-state index in [4.69, 9.17) is 10.2 Å². The van der Waals surface area contributed by atoms with E-state index in [0.717, 1.165) is 17.0 Å². The number of hydrogen-bond acceptors (Lipinski definition) is 4. The fourth-order valence-electron chi connectivity index (χ4n) is 1.53. The van der Waals surface area contributed by atoms with E-state index in [1.54, 1.807) is 0 Å². The summed E-state index contributed by atoms with van der Waals surface area (Å²) in [4.78, 5) is 33.6. The SMILES string of the molecule is O=C(O)CN(CC(=O)O)CC(=O)Nc1ccc(F)cc1F. The van der Waals surface area contributed by atoms with E-state index < -0.39 is 49.1 Å². The summed E-state index contributed by atoms with van der Waals surface area (Å²) in [5, 5.41) is 19.3. The van der Waals surface area contributed by atoms with Crippen molar-refractivity contribution in [2.45, 2.75) is 0 Å². The quantitative estimate of drug-likeness (QED) is 0.672. The molecule has 3 N–H and O–H groups in total. The number of amides is 1. The lowest BCUT2D eigenvalue weighted by molar-refractivity contribution is -0.142. The van der Waals surface area contributed by atoms with Crippen molar-refractivity contribution in [3.05, 3.63) is 29.8 Å². The highest BCUT2D eigenvalue weighted by Crippen LogP contribution is 2.14. The van der Waals surface area contributed by atoms with Gasteiger partial charge >= 0.3 is 11.9 Å². The second-order valence-corrected chi connectivity index (χ2v) is 4.10. The average Bonchev–Trinajstić information content (AvgIpc) is 2.30. The highest BCUT2D eigenvalue weighted by Gasteiger charge is 2.17. The number of carboxylic acids is 2. The van der Waals surface area contributed by atoms with Crippen LogP contribution >= 0.6 is 0 Å². The van der Waals surface area contributed by atoms with Crippen LogP contribution in [0.2, 0.25) is 0 Å². The van der Waals surface area contributed by atoms with Gasteiger partial charge in [-0.25, -0.2) is 8.78 Å². The predicted octanol–water partition coefficient (Wildman–Crippen LogP) is 0.375. The number of nitrogens with zero attached hydrogens (tertiary/aromatic N) is 1. The summed E-state index contributed by atoms with van der Waals surface area (Å²) in [6, 6.07) is 2.51. The first kappa shape index (κ1) is 16.5. The van der Waals surface area contributed by atoms with Gasteiger partial charge in [-0.05, 0) is 12.1 Å². The fourth-order valence-corrected chi connectivity index (χ4v) is 1.53. The number of hydrogen-bond donors (Lipinski definition) is 3. The van der Waals surface area contributed by atoms with Crippen molar-refractivity contribution < 1.29 is 33.4 Å². The van der Waals surface area contributed by atoms with Crippen molar-refractivity contribution in [2.24, 2.45) is 0 Å². The summed E-state index contributed by atoms with van der Waals surface area (Å²) in [7, 11) is 0. The van der Waals surface area contributed by atoms with E-state index in [2.05, 4.69) is 5.32 Å². The van der Waals surface area contributed by atoms with Gasteiger partial charge in [0.25, 0.3) is 0 Å². The number of carbonyl (C=O) groups excluding carboxylic acids is 1. The number of nitrogens with one attached hydrogen (secondary N) is 1. The van der Waals surface area contributed by atoms with Crippen LogP contribution < -0.4 is 5.32 Å². The number of anilines is 1. The normalized spacial score (nSPS) is 10.4. The highest BCUT2D eigenvalue weighted by molar-refractivity contribution is 5.92. The molecule has 1 aromatic carbocycles. The molecule has 0 aliphatic rings. The molecule has 0 unspecified atom stereocenters. The minimum Gasteiger partial charge on any atom is -0.480 e. The first-order valence-corrected chi connectivity index (χ1v) is 5.68. The van der Waals surface area contributed by atoms with Gasteiger partial charge in [0, 0.05) is 6.07 Å². The molecule has 0 fully saturated rings. The molecule has 0 aromatic heterocycles. The Hall–Kier alpha value is -2.55. The van der Waals surface area contributed by atoms with Crippen molar-refractivity contribution in [3.8, 4) is 0 Å². The average molecular weight is 302 g/mol. The third-order valence-corrected chi connectivity index (χ3v) is 2.29. The van der Waals surface area contributed by atoms with Crippen molar-refractivity contribution >= 4 is 23.5 Å². The molecule has 0 radical (unpaired) electrons. The van der Waals surface area contributed by atoms with Gasteiger partial charge in [0.05, 0.1) is 25.3 Å². The molecule has 1 aromatic rings. The molecular weight excluding hydrogens is 290 g/mol. The van der Waals surface area contributed by atoms with E-state index in [1.165, 1.54) is 0 Å². The maximum atomic E-state index is 13.3. The van der Waals surface area contributed by atoms with E-state index >= 15 is 0 Å². The molecule has 114 valence electrons. The zero-order valence-electron chi connectivity index (χ0n) is 10.7. The number of halogens is 2. The lowest BCUT2D eigenvalue weighted by Crippen LogP contribution is -2.40. The summed E-state index contributed by atoms with van der Waals surface area (Å²) in [5.74, 6) is -5.24. The van der Waals surface area contributed by atoms with Crippen LogP contribution in [0.15, 0.2) is 18.2 Å². The molecule has 0 saturated carbocycles. The zero-order chi connectivity index (χ0) is 16.0. The molecule has 0 spiro atoms. The number of aliphatic carboxylic acids is 2. The Bertz CT molecular complexity index is 549. The Morgan fingerprint density at radius 2 is 1.62 bits per heavy atom. The second-order valence-electron chi connectivity index (χ2n) is 4.10. The van der Waals surface area contributed by atoms with Gasteiger partial charge in [0.2, 0.25) is 5.91 Å². The molecule has 0 atom stereocenters. The molecule has 0 bridgehead atoms. The van der Waals surface area contributed by atoms with E-state index in [1.807, 2.05) is 0 Å². The van der Waals surface area contributed by atoms with E-state index in [-0.39, 0.29) is 5.69 Å².